The Hall–Kier alpha value is -1.14. The van der Waals surface area contributed by atoms with E-state index in [1.807, 2.05) is 25.9 Å². The topological polar surface area (TPSA) is 63.4 Å². The van der Waals surface area contributed by atoms with E-state index < -0.39 is 0 Å². The second-order valence-electron chi connectivity index (χ2n) is 4.87. The van der Waals surface area contributed by atoms with Crippen molar-refractivity contribution in [3.05, 3.63) is 5.89 Å². The molecule has 1 N–H and O–H groups in total. The van der Waals surface area contributed by atoms with Gasteiger partial charge in [-0.25, -0.2) is 0 Å². The Morgan fingerprint density at radius 2 is 2.28 bits per heavy atom. The summed E-state index contributed by atoms with van der Waals surface area (Å²) in [6.45, 7) is 4.34. The number of rotatable bonds is 8. The summed E-state index contributed by atoms with van der Waals surface area (Å²) in [6.07, 6.45) is 2.65. The zero-order chi connectivity index (χ0) is 13.0. The molecule has 6 nitrogen and oxygen atoms in total. The number of nitrogens with one attached hydrogen (secondary N) is 1. The predicted octanol–water partition coefficient (Wildman–Crippen LogP) is 1.21. The molecule has 2 rings (SSSR count). The van der Waals surface area contributed by atoms with Crippen molar-refractivity contribution in [2.24, 2.45) is 5.92 Å². The molecule has 1 aromatic rings. The van der Waals surface area contributed by atoms with Crippen molar-refractivity contribution in [1.82, 2.24) is 15.5 Å². The summed E-state index contributed by atoms with van der Waals surface area (Å²) in [5.41, 5.74) is 0. The van der Waals surface area contributed by atoms with Gasteiger partial charge in [-0.3, -0.25) is 0 Å². The molecule has 1 atom stereocenters. The molecule has 0 radical (unpaired) electrons. The van der Waals surface area contributed by atoms with Gasteiger partial charge in [-0.2, -0.15) is 0 Å². The van der Waals surface area contributed by atoms with Crippen molar-refractivity contribution in [2.45, 2.75) is 25.8 Å². The Morgan fingerprint density at radius 1 is 1.50 bits per heavy atom. The maximum absolute atomic E-state index is 5.58. The first-order chi connectivity index (χ1) is 8.70. The molecule has 1 unspecified atom stereocenters. The summed E-state index contributed by atoms with van der Waals surface area (Å²) in [7, 11) is 3.80. The molecule has 0 amide bonds. The zero-order valence-electron chi connectivity index (χ0n) is 11.3. The fraction of sp³-hybridized carbons (Fsp3) is 0.833. The number of ether oxygens (including phenoxy) is 1. The van der Waals surface area contributed by atoms with Crippen molar-refractivity contribution in [1.29, 1.82) is 0 Å². The normalized spacial score (nSPS) is 16.8. The van der Waals surface area contributed by atoms with Crippen LogP contribution < -0.4 is 10.2 Å². The molecule has 1 saturated carbocycles. The Balaban J connectivity index is 1.73. The average Bonchev–Trinajstić information content (AvgIpc) is 3.07. The van der Waals surface area contributed by atoms with Crippen LogP contribution in [-0.4, -0.2) is 44.1 Å². The molecule has 18 heavy (non-hydrogen) atoms. The minimum Gasteiger partial charge on any atom is -0.406 e. The summed E-state index contributed by atoms with van der Waals surface area (Å²) >= 11 is 0. The van der Waals surface area contributed by atoms with Gasteiger partial charge in [0, 0.05) is 20.2 Å². The highest BCUT2D eigenvalue weighted by atomic mass is 16.5. The van der Waals surface area contributed by atoms with Crippen molar-refractivity contribution >= 4 is 6.01 Å². The molecular weight excluding hydrogens is 232 g/mol. The smallest absolute Gasteiger partial charge is 0.318 e. The highest BCUT2D eigenvalue weighted by Crippen LogP contribution is 2.28. The average molecular weight is 254 g/mol. The Kier molecular flexibility index (Phi) is 4.54. The standard InChI is InChI=1S/C12H22N4O2/c1-9(13-2)11-14-15-12(18-11)16(3)6-7-17-8-10-4-5-10/h9-10,13H,4-8H2,1-3H3. The van der Waals surface area contributed by atoms with E-state index in [9.17, 15) is 0 Å². The number of likely N-dealkylation sites (N-methyl/N-ethyl adjacent to an activating group) is 1. The SMILES string of the molecule is CNC(C)c1nnc(N(C)CCOCC2CC2)o1. The lowest BCUT2D eigenvalue weighted by atomic mass is 10.3. The Bertz CT molecular complexity index is 365. The molecule has 1 aliphatic rings. The van der Waals surface area contributed by atoms with Crippen molar-refractivity contribution in [2.75, 3.05) is 38.8 Å². The van der Waals surface area contributed by atoms with Crippen LogP contribution in [0.15, 0.2) is 4.42 Å². The molecule has 6 heteroatoms. The van der Waals surface area contributed by atoms with Gasteiger partial charge in [0.1, 0.15) is 0 Å². The van der Waals surface area contributed by atoms with E-state index in [4.69, 9.17) is 9.15 Å². The fourth-order valence-corrected chi connectivity index (χ4v) is 1.51. The number of hydrogen-bond donors (Lipinski definition) is 1. The van der Waals surface area contributed by atoms with Crippen LogP contribution in [0.25, 0.3) is 0 Å². The van der Waals surface area contributed by atoms with E-state index in [0.29, 0.717) is 18.5 Å². The Labute approximate surface area is 108 Å². The monoisotopic (exact) mass is 254 g/mol. The van der Waals surface area contributed by atoms with E-state index in [1.165, 1.54) is 12.8 Å². The third kappa shape index (κ3) is 3.68. The lowest BCUT2D eigenvalue weighted by molar-refractivity contribution is 0.130. The lowest BCUT2D eigenvalue weighted by Crippen LogP contribution is -2.23. The van der Waals surface area contributed by atoms with Gasteiger partial charge in [-0.15, -0.1) is 5.10 Å². The van der Waals surface area contributed by atoms with Crippen LogP contribution in [0.1, 0.15) is 31.7 Å². The second-order valence-corrected chi connectivity index (χ2v) is 4.87. The van der Waals surface area contributed by atoms with Crippen LogP contribution in [0.4, 0.5) is 6.01 Å². The van der Waals surface area contributed by atoms with Gasteiger partial charge < -0.3 is 19.4 Å². The second kappa shape index (κ2) is 6.15. The molecular formula is C12H22N4O2. The zero-order valence-corrected chi connectivity index (χ0v) is 11.3. The summed E-state index contributed by atoms with van der Waals surface area (Å²) in [5.74, 6) is 1.42. The number of nitrogens with zero attached hydrogens (tertiary/aromatic N) is 3. The Morgan fingerprint density at radius 3 is 2.94 bits per heavy atom. The van der Waals surface area contributed by atoms with Gasteiger partial charge in [0.25, 0.3) is 0 Å². The van der Waals surface area contributed by atoms with Crippen LogP contribution in [0.3, 0.4) is 0 Å². The first-order valence-corrected chi connectivity index (χ1v) is 6.50. The van der Waals surface area contributed by atoms with E-state index in [-0.39, 0.29) is 6.04 Å². The van der Waals surface area contributed by atoms with E-state index in [2.05, 4.69) is 15.5 Å². The van der Waals surface area contributed by atoms with Crippen LogP contribution in [-0.2, 0) is 4.74 Å². The molecule has 0 spiro atoms. The summed E-state index contributed by atoms with van der Waals surface area (Å²) < 4.78 is 11.2. The van der Waals surface area contributed by atoms with E-state index in [0.717, 1.165) is 19.1 Å². The van der Waals surface area contributed by atoms with Crippen LogP contribution in [0.2, 0.25) is 0 Å². The maximum atomic E-state index is 5.58. The first-order valence-electron chi connectivity index (χ1n) is 6.50. The molecule has 1 aliphatic carbocycles. The summed E-state index contributed by atoms with van der Waals surface area (Å²) in [5, 5.41) is 11.1. The van der Waals surface area contributed by atoms with Gasteiger partial charge in [-0.05, 0) is 32.7 Å². The van der Waals surface area contributed by atoms with Gasteiger partial charge in [0.15, 0.2) is 0 Å². The highest BCUT2D eigenvalue weighted by Gasteiger charge is 2.21. The number of anilines is 1. The minimum absolute atomic E-state index is 0.0748. The van der Waals surface area contributed by atoms with Gasteiger partial charge in [0.05, 0.1) is 12.6 Å². The van der Waals surface area contributed by atoms with E-state index >= 15 is 0 Å². The predicted molar refractivity (Wildman–Crippen MR) is 68.6 cm³/mol. The van der Waals surface area contributed by atoms with Gasteiger partial charge in [-0.1, -0.05) is 5.10 Å². The van der Waals surface area contributed by atoms with Crippen molar-refractivity contribution < 1.29 is 9.15 Å². The summed E-state index contributed by atoms with van der Waals surface area (Å²) in [6, 6.07) is 0.618. The quantitative estimate of drug-likeness (QED) is 0.704. The van der Waals surface area contributed by atoms with Gasteiger partial charge in [0.2, 0.25) is 5.89 Å². The van der Waals surface area contributed by atoms with Crippen LogP contribution >= 0.6 is 0 Å². The van der Waals surface area contributed by atoms with Crippen LogP contribution in [0.5, 0.6) is 0 Å². The summed E-state index contributed by atoms with van der Waals surface area (Å²) in [4.78, 5) is 1.92. The van der Waals surface area contributed by atoms with Crippen LogP contribution in [0, 0.1) is 5.92 Å². The molecule has 102 valence electrons. The van der Waals surface area contributed by atoms with E-state index in [1.54, 1.807) is 0 Å². The molecule has 0 bridgehead atoms. The molecule has 1 heterocycles. The highest BCUT2D eigenvalue weighted by molar-refractivity contribution is 5.21. The number of hydrogen-bond acceptors (Lipinski definition) is 6. The molecule has 0 aromatic carbocycles. The maximum Gasteiger partial charge on any atom is 0.318 e. The molecule has 0 aliphatic heterocycles. The third-order valence-corrected chi connectivity index (χ3v) is 3.18. The van der Waals surface area contributed by atoms with Crippen molar-refractivity contribution in [3.8, 4) is 0 Å². The van der Waals surface area contributed by atoms with Gasteiger partial charge >= 0.3 is 6.01 Å². The number of aromatic nitrogens is 2. The molecule has 1 fully saturated rings. The minimum atomic E-state index is 0.0748. The van der Waals surface area contributed by atoms with Crippen molar-refractivity contribution in [3.63, 3.8) is 0 Å². The molecule has 1 aromatic heterocycles. The largest absolute Gasteiger partial charge is 0.406 e. The fourth-order valence-electron chi connectivity index (χ4n) is 1.51. The molecule has 0 saturated heterocycles. The lowest BCUT2D eigenvalue weighted by Gasteiger charge is -2.13. The third-order valence-electron chi connectivity index (χ3n) is 3.18. The first kappa shape index (κ1) is 13.3.